The maximum atomic E-state index is 6.56. The third-order valence-electron chi connectivity index (χ3n) is 13.7. The summed E-state index contributed by atoms with van der Waals surface area (Å²) >= 11 is 0. The highest BCUT2D eigenvalue weighted by atomic mass is 16.3. The van der Waals surface area contributed by atoms with Crippen molar-refractivity contribution in [3.63, 3.8) is 0 Å². The summed E-state index contributed by atoms with van der Waals surface area (Å²) in [5.41, 5.74) is 14.3. The Morgan fingerprint density at radius 3 is 1.88 bits per heavy atom. The highest BCUT2D eigenvalue weighted by Gasteiger charge is 2.35. The van der Waals surface area contributed by atoms with Crippen molar-refractivity contribution in [1.29, 1.82) is 0 Å². The van der Waals surface area contributed by atoms with Crippen molar-refractivity contribution >= 4 is 76.5 Å². The first-order valence-corrected chi connectivity index (χ1v) is 21.8. The highest BCUT2D eigenvalue weighted by molar-refractivity contribution is 6.22. The van der Waals surface area contributed by atoms with E-state index in [1.54, 1.807) is 0 Å². The fraction of sp³-hybridized carbons (Fsp3) is 0.0517. The summed E-state index contributed by atoms with van der Waals surface area (Å²) in [5, 5.41) is 8.85. The molecule has 1 aliphatic rings. The first-order chi connectivity index (χ1) is 31.5. The Kier molecular flexibility index (Phi) is 7.08. The minimum absolute atomic E-state index is 0.122. The lowest BCUT2D eigenvalue weighted by molar-refractivity contribution is 0.660. The average molecular weight is 821 g/mol. The molecule has 1 aliphatic carbocycles. The summed E-state index contributed by atoms with van der Waals surface area (Å²) in [6, 6.07) is 64.2. The molecular formula is C58H36N4O2. The van der Waals surface area contributed by atoms with Crippen LogP contribution in [0.5, 0.6) is 0 Å². The minimum Gasteiger partial charge on any atom is -0.456 e. The Hall–Kier alpha value is -8.35. The molecule has 0 spiro atoms. The van der Waals surface area contributed by atoms with Crippen LogP contribution < -0.4 is 0 Å². The van der Waals surface area contributed by atoms with Crippen molar-refractivity contribution in [2.45, 2.75) is 19.3 Å². The zero-order valence-corrected chi connectivity index (χ0v) is 34.9. The zero-order valence-electron chi connectivity index (χ0n) is 34.9. The molecule has 0 fully saturated rings. The number of hydrogen-bond acceptors (Lipinski definition) is 5. The number of furan rings is 2. The molecule has 4 heterocycles. The Bertz CT molecular complexity index is 4130. The van der Waals surface area contributed by atoms with E-state index < -0.39 is 0 Å². The summed E-state index contributed by atoms with van der Waals surface area (Å²) in [6.07, 6.45) is 0. The van der Waals surface area contributed by atoms with Gasteiger partial charge in [-0.2, -0.15) is 9.97 Å². The van der Waals surface area contributed by atoms with Crippen molar-refractivity contribution in [2.75, 3.05) is 0 Å². The molecule has 6 nitrogen and oxygen atoms in total. The Morgan fingerprint density at radius 2 is 1.02 bits per heavy atom. The van der Waals surface area contributed by atoms with Crippen LogP contribution in [0.4, 0.5) is 0 Å². The van der Waals surface area contributed by atoms with Crippen LogP contribution in [0.1, 0.15) is 25.0 Å². The maximum absolute atomic E-state index is 6.56. The van der Waals surface area contributed by atoms with Gasteiger partial charge in [-0.25, -0.2) is 4.98 Å². The van der Waals surface area contributed by atoms with E-state index in [0.29, 0.717) is 17.6 Å². The van der Waals surface area contributed by atoms with Gasteiger partial charge >= 0.3 is 0 Å². The third-order valence-corrected chi connectivity index (χ3v) is 13.7. The molecule has 6 heteroatoms. The number of rotatable bonds is 4. The van der Waals surface area contributed by atoms with Gasteiger partial charge in [0.15, 0.2) is 11.6 Å². The number of hydrogen-bond donors (Lipinski definition) is 0. The van der Waals surface area contributed by atoms with Gasteiger partial charge in [0.25, 0.3) is 0 Å². The number of aromatic nitrogens is 4. The van der Waals surface area contributed by atoms with E-state index in [4.69, 9.17) is 23.8 Å². The smallest absolute Gasteiger partial charge is 0.238 e. The molecule has 4 aromatic heterocycles. The molecule has 0 unspecified atom stereocenters. The number of nitrogens with zero attached hydrogens (tertiary/aromatic N) is 4. The molecule has 14 rings (SSSR count). The lowest BCUT2D eigenvalue weighted by Gasteiger charge is -2.21. The SMILES string of the molecule is CC1(C)c2ccccc2-c2cc(-c3nc(-c4ccc5oc6ccccc6c5c4)nc(-n4c5ccc(-c6cccc7c6oc6ccccc67)cc5c5c6ccccc6ccc54)n3)ccc21. The summed E-state index contributed by atoms with van der Waals surface area (Å²) in [6.45, 7) is 4.61. The van der Waals surface area contributed by atoms with Gasteiger partial charge in [-0.15, -0.1) is 0 Å². The van der Waals surface area contributed by atoms with E-state index in [9.17, 15) is 0 Å². The second-order valence-electron chi connectivity index (χ2n) is 17.6. The molecule has 0 amide bonds. The van der Waals surface area contributed by atoms with E-state index in [1.807, 2.05) is 36.4 Å². The second-order valence-corrected chi connectivity index (χ2v) is 17.6. The van der Waals surface area contributed by atoms with Gasteiger partial charge in [0, 0.05) is 54.4 Å². The zero-order chi connectivity index (χ0) is 42.3. The van der Waals surface area contributed by atoms with Gasteiger partial charge in [-0.1, -0.05) is 141 Å². The van der Waals surface area contributed by atoms with Crippen LogP contribution in [-0.2, 0) is 5.41 Å². The van der Waals surface area contributed by atoms with E-state index in [-0.39, 0.29) is 5.41 Å². The summed E-state index contributed by atoms with van der Waals surface area (Å²) in [5.74, 6) is 1.73. The average Bonchev–Trinajstić information content (AvgIpc) is 4.07. The molecule has 0 bridgehead atoms. The quantitative estimate of drug-likeness (QED) is 0.177. The first kappa shape index (κ1) is 35.3. The number of fused-ring (bicyclic) bond motifs is 14. The van der Waals surface area contributed by atoms with Crippen molar-refractivity contribution in [1.82, 2.24) is 19.5 Å². The predicted octanol–water partition coefficient (Wildman–Crippen LogP) is 15.2. The Balaban J connectivity index is 1.04. The molecule has 0 saturated carbocycles. The van der Waals surface area contributed by atoms with Crippen LogP contribution in [0.2, 0.25) is 0 Å². The molecule has 13 aromatic rings. The first-order valence-electron chi connectivity index (χ1n) is 21.8. The number of para-hydroxylation sites is 3. The fourth-order valence-electron chi connectivity index (χ4n) is 10.6. The molecule has 0 N–H and O–H groups in total. The predicted molar refractivity (Wildman–Crippen MR) is 260 cm³/mol. The summed E-state index contributed by atoms with van der Waals surface area (Å²) in [4.78, 5) is 16.1. The molecule has 0 atom stereocenters. The largest absolute Gasteiger partial charge is 0.456 e. The number of benzene rings is 9. The maximum Gasteiger partial charge on any atom is 0.238 e. The van der Waals surface area contributed by atoms with Crippen molar-refractivity contribution in [3.05, 3.63) is 193 Å². The minimum atomic E-state index is -0.122. The van der Waals surface area contributed by atoms with Crippen molar-refractivity contribution in [2.24, 2.45) is 0 Å². The molecule has 0 radical (unpaired) electrons. The normalized spacial score (nSPS) is 13.3. The third kappa shape index (κ3) is 4.93. The summed E-state index contributed by atoms with van der Waals surface area (Å²) < 4.78 is 15.0. The molecule has 0 saturated heterocycles. The van der Waals surface area contributed by atoms with Crippen molar-refractivity contribution < 1.29 is 8.83 Å². The van der Waals surface area contributed by atoms with Crippen molar-refractivity contribution in [3.8, 4) is 51.0 Å². The van der Waals surface area contributed by atoms with Crippen LogP contribution in [0.3, 0.4) is 0 Å². The van der Waals surface area contributed by atoms with E-state index in [2.05, 4.69) is 164 Å². The Morgan fingerprint density at radius 1 is 0.406 bits per heavy atom. The van der Waals surface area contributed by atoms with Gasteiger partial charge in [-0.3, -0.25) is 4.57 Å². The monoisotopic (exact) mass is 820 g/mol. The molecule has 300 valence electrons. The van der Waals surface area contributed by atoms with E-state index in [1.165, 1.54) is 22.3 Å². The standard InChI is InChI=1S/C58H36N4O2/c1-58(2)46-19-8-5-14-39(46)43-31-35(22-26-47(43)58)55-59-56(36-25-29-52-44(32-36)41-16-7-9-20-50(41)63-52)61-57(60-55)62-48-27-24-34(30-45(48)53-37-13-4-3-12-33(37)23-28-49(53)62)38-17-11-18-42-40-15-6-10-21-51(40)64-54(38)42/h3-32H,1-2H3. The second kappa shape index (κ2) is 12.8. The van der Waals surface area contributed by atoms with Crippen LogP contribution in [-0.4, -0.2) is 19.5 Å². The molecule has 9 aromatic carbocycles. The fourth-order valence-corrected chi connectivity index (χ4v) is 10.6. The molecular weight excluding hydrogens is 785 g/mol. The van der Waals surface area contributed by atoms with E-state index >= 15 is 0 Å². The van der Waals surface area contributed by atoms with Gasteiger partial charge in [0.1, 0.15) is 22.3 Å². The molecule has 0 aliphatic heterocycles. The van der Waals surface area contributed by atoms with E-state index in [0.717, 1.165) is 98.7 Å². The van der Waals surface area contributed by atoms with Crippen LogP contribution >= 0.6 is 0 Å². The highest BCUT2D eigenvalue weighted by Crippen LogP contribution is 2.50. The van der Waals surface area contributed by atoms with Crippen LogP contribution in [0.15, 0.2) is 191 Å². The van der Waals surface area contributed by atoms with Gasteiger partial charge in [0.2, 0.25) is 5.95 Å². The van der Waals surface area contributed by atoms with Gasteiger partial charge < -0.3 is 8.83 Å². The lowest BCUT2D eigenvalue weighted by atomic mass is 9.82. The topological polar surface area (TPSA) is 69.9 Å². The molecule has 64 heavy (non-hydrogen) atoms. The van der Waals surface area contributed by atoms with Crippen LogP contribution in [0.25, 0.3) is 127 Å². The Labute approximate surface area is 366 Å². The summed E-state index contributed by atoms with van der Waals surface area (Å²) in [7, 11) is 0. The van der Waals surface area contributed by atoms with Gasteiger partial charge in [-0.05, 0) is 93.2 Å². The van der Waals surface area contributed by atoms with Gasteiger partial charge in [0.05, 0.1) is 11.0 Å². The lowest BCUT2D eigenvalue weighted by Crippen LogP contribution is -2.14. The van der Waals surface area contributed by atoms with Crippen LogP contribution in [0, 0.1) is 0 Å².